The summed E-state index contributed by atoms with van der Waals surface area (Å²) in [5, 5.41) is 3.04. The number of hydrogen-bond donors (Lipinski definition) is 2. The average Bonchev–Trinajstić information content (AvgIpc) is 2.83. The summed E-state index contributed by atoms with van der Waals surface area (Å²) < 4.78 is 5.32. The minimum absolute atomic E-state index is 0.0550. The lowest BCUT2D eigenvalue weighted by Crippen LogP contribution is -2.46. The van der Waals surface area contributed by atoms with Gasteiger partial charge in [-0.2, -0.15) is 0 Å². The lowest BCUT2D eigenvalue weighted by Gasteiger charge is -2.24. The summed E-state index contributed by atoms with van der Waals surface area (Å²) in [6, 6.07) is 9.80. The summed E-state index contributed by atoms with van der Waals surface area (Å²) in [6.07, 6.45) is 1.99. The molecular weight excluding hydrogens is 240 g/mol. The van der Waals surface area contributed by atoms with E-state index >= 15 is 0 Å². The van der Waals surface area contributed by atoms with Crippen molar-refractivity contribution in [3.8, 4) is 0 Å². The predicted octanol–water partition coefficient (Wildman–Crippen LogP) is 1.76. The molecule has 1 amide bonds. The molecule has 0 spiro atoms. The van der Waals surface area contributed by atoms with Crippen molar-refractivity contribution in [3.05, 3.63) is 35.9 Å². The van der Waals surface area contributed by atoms with Crippen LogP contribution in [-0.4, -0.2) is 24.7 Å². The van der Waals surface area contributed by atoms with E-state index in [4.69, 9.17) is 10.5 Å². The molecular formula is C15H22N2O2. The summed E-state index contributed by atoms with van der Waals surface area (Å²) >= 11 is 0. The Morgan fingerprint density at radius 2 is 2.21 bits per heavy atom. The Labute approximate surface area is 114 Å². The molecule has 0 radical (unpaired) electrons. The highest BCUT2D eigenvalue weighted by Gasteiger charge is 2.30. The van der Waals surface area contributed by atoms with Gasteiger partial charge >= 0.3 is 0 Å². The van der Waals surface area contributed by atoms with Gasteiger partial charge in [0.1, 0.15) is 0 Å². The van der Waals surface area contributed by atoms with Crippen molar-refractivity contribution >= 4 is 5.91 Å². The molecule has 1 aliphatic rings. The molecule has 4 heteroatoms. The van der Waals surface area contributed by atoms with E-state index in [0.29, 0.717) is 19.4 Å². The van der Waals surface area contributed by atoms with Gasteiger partial charge in [-0.3, -0.25) is 4.79 Å². The molecule has 104 valence electrons. The summed E-state index contributed by atoms with van der Waals surface area (Å²) in [7, 11) is 0. The van der Waals surface area contributed by atoms with Crippen LogP contribution in [0.4, 0.5) is 0 Å². The van der Waals surface area contributed by atoms with E-state index < -0.39 is 0 Å². The molecule has 0 saturated carbocycles. The number of carbonyl (C=O) groups is 1. The maximum Gasteiger partial charge on any atom is 0.220 e. The van der Waals surface area contributed by atoms with Crippen LogP contribution in [0.2, 0.25) is 0 Å². The van der Waals surface area contributed by atoms with Crippen molar-refractivity contribution in [2.24, 2.45) is 5.73 Å². The van der Waals surface area contributed by atoms with Crippen molar-refractivity contribution in [3.63, 3.8) is 0 Å². The number of rotatable bonds is 5. The monoisotopic (exact) mass is 262 g/mol. The van der Waals surface area contributed by atoms with Gasteiger partial charge in [0.25, 0.3) is 0 Å². The summed E-state index contributed by atoms with van der Waals surface area (Å²) in [4.78, 5) is 11.9. The molecule has 0 bridgehead atoms. The quantitative estimate of drug-likeness (QED) is 0.850. The van der Waals surface area contributed by atoms with Gasteiger partial charge in [0, 0.05) is 19.1 Å². The van der Waals surface area contributed by atoms with Crippen molar-refractivity contribution < 1.29 is 9.53 Å². The van der Waals surface area contributed by atoms with Crippen LogP contribution < -0.4 is 11.1 Å². The van der Waals surface area contributed by atoms with E-state index in [0.717, 1.165) is 18.6 Å². The smallest absolute Gasteiger partial charge is 0.220 e. The van der Waals surface area contributed by atoms with Gasteiger partial charge in [-0.15, -0.1) is 0 Å². The highest BCUT2D eigenvalue weighted by atomic mass is 16.5. The van der Waals surface area contributed by atoms with Crippen molar-refractivity contribution in [1.82, 2.24) is 5.32 Å². The molecule has 2 unspecified atom stereocenters. The lowest BCUT2D eigenvalue weighted by atomic mass is 10.00. The number of amides is 1. The maximum atomic E-state index is 11.9. The van der Waals surface area contributed by atoms with E-state index in [-0.39, 0.29) is 17.5 Å². The van der Waals surface area contributed by atoms with Gasteiger partial charge in [0.2, 0.25) is 5.91 Å². The zero-order valence-electron chi connectivity index (χ0n) is 11.4. The summed E-state index contributed by atoms with van der Waals surface area (Å²) in [5.41, 5.74) is 6.95. The molecule has 4 nitrogen and oxygen atoms in total. The molecule has 2 rings (SSSR count). The highest BCUT2D eigenvalue weighted by molar-refractivity contribution is 5.76. The normalized spacial score (nSPS) is 24.1. The molecule has 1 aliphatic heterocycles. The Morgan fingerprint density at radius 1 is 1.47 bits per heavy atom. The Kier molecular flexibility index (Phi) is 4.56. The van der Waals surface area contributed by atoms with Crippen LogP contribution in [0.5, 0.6) is 0 Å². The first kappa shape index (κ1) is 14.0. The number of hydrogen-bond acceptors (Lipinski definition) is 3. The topological polar surface area (TPSA) is 64.4 Å². The summed E-state index contributed by atoms with van der Waals surface area (Å²) in [6.45, 7) is 3.35. The van der Waals surface area contributed by atoms with E-state index in [1.54, 1.807) is 0 Å². The van der Waals surface area contributed by atoms with Gasteiger partial charge < -0.3 is 15.8 Å². The first-order valence-corrected chi connectivity index (χ1v) is 6.78. The number of nitrogens with two attached hydrogens (primary N) is 1. The van der Waals surface area contributed by atoms with Crippen molar-refractivity contribution in [1.29, 1.82) is 0 Å². The molecule has 19 heavy (non-hydrogen) atoms. The van der Waals surface area contributed by atoms with E-state index in [1.165, 1.54) is 0 Å². The molecule has 1 saturated heterocycles. The zero-order chi connectivity index (χ0) is 13.7. The Hall–Kier alpha value is -1.39. The number of benzene rings is 1. The van der Waals surface area contributed by atoms with E-state index in [1.807, 2.05) is 37.3 Å². The standard InChI is InChI=1S/C15H22N2O2/c1-15(9-10-19-11-15)17-14(18)8-7-13(16)12-5-3-2-4-6-12/h2-6,13H,7-11,16H2,1H3,(H,17,18). The van der Waals surface area contributed by atoms with Crippen molar-refractivity contribution in [2.45, 2.75) is 37.8 Å². The Morgan fingerprint density at radius 3 is 2.84 bits per heavy atom. The Bertz CT molecular complexity index is 413. The maximum absolute atomic E-state index is 11.9. The molecule has 0 aromatic heterocycles. The second kappa shape index (κ2) is 6.17. The third kappa shape index (κ3) is 4.04. The third-order valence-electron chi connectivity index (χ3n) is 3.57. The van der Waals surface area contributed by atoms with Gasteiger partial charge in [-0.1, -0.05) is 30.3 Å². The van der Waals surface area contributed by atoms with Gasteiger partial charge in [-0.05, 0) is 25.3 Å². The number of ether oxygens (including phenoxy) is 1. The second-order valence-corrected chi connectivity index (χ2v) is 5.47. The first-order chi connectivity index (χ1) is 9.09. The van der Waals surface area contributed by atoms with Gasteiger partial charge in [0.05, 0.1) is 12.1 Å². The van der Waals surface area contributed by atoms with E-state index in [2.05, 4.69) is 5.32 Å². The van der Waals surface area contributed by atoms with E-state index in [9.17, 15) is 4.79 Å². The van der Waals surface area contributed by atoms with Crippen LogP contribution in [0.1, 0.15) is 37.8 Å². The first-order valence-electron chi connectivity index (χ1n) is 6.78. The van der Waals surface area contributed by atoms with Crippen LogP contribution in [0.15, 0.2) is 30.3 Å². The molecule has 3 N–H and O–H groups in total. The fourth-order valence-electron chi connectivity index (χ4n) is 2.32. The molecule has 1 aromatic carbocycles. The van der Waals surface area contributed by atoms with Crippen LogP contribution in [0, 0.1) is 0 Å². The minimum Gasteiger partial charge on any atom is -0.379 e. The largest absolute Gasteiger partial charge is 0.379 e. The number of nitrogens with one attached hydrogen (secondary N) is 1. The second-order valence-electron chi connectivity index (χ2n) is 5.47. The minimum atomic E-state index is -0.200. The SMILES string of the molecule is CC1(NC(=O)CCC(N)c2ccccc2)CCOC1. The third-order valence-corrected chi connectivity index (χ3v) is 3.57. The predicted molar refractivity (Wildman–Crippen MR) is 74.6 cm³/mol. The van der Waals surface area contributed by atoms with Gasteiger partial charge in [0.15, 0.2) is 0 Å². The summed E-state index contributed by atoms with van der Waals surface area (Å²) in [5.74, 6) is 0.0550. The highest BCUT2D eigenvalue weighted by Crippen LogP contribution is 2.19. The average molecular weight is 262 g/mol. The molecule has 1 fully saturated rings. The Balaban J connectivity index is 1.77. The van der Waals surface area contributed by atoms with Crippen LogP contribution >= 0.6 is 0 Å². The fourth-order valence-corrected chi connectivity index (χ4v) is 2.32. The lowest BCUT2D eigenvalue weighted by molar-refractivity contribution is -0.123. The van der Waals surface area contributed by atoms with Crippen LogP contribution in [0.3, 0.4) is 0 Å². The molecule has 0 aliphatic carbocycles. The van der Waals surface area contributed by atoms with Crippen LogP contribution in [-0.2, 0) is 9.53 Å². The molecule has 2 atom stereocenters. The number of carbonyl (C=O) groups excluding carboxylic acids is 1. The van der Waals surface area contributed by atoms with Crippen LogP contribution in [0.25, 0.3) is 0 Å². The molecule has 1 aromatic rings. The van der Waals surface area contributed by atoms with Gasteiger partial charge in [-0.25, -0.2) is 0 Å². The van der Waals surface area contributed by atoms with Crippen molar-refractivity contribution in [2.75, 3.05) is 13.2 Å². The molecule has 1 heterocycles. The zero-order valence-corrected chi connectivity index (χ0v) is 11.4. The fraction of sp³-hybridized carbons (Fsp3) is 0.533.